The van der Waals surface area contributed by atoms with Crippen LogP contribution in [-0.4, -0.2) is 205 Å². The number of alkyl carbamates (subject to hydrolysis) is 1. The molecule has 6 aliphatic heterocycles. The summed E-state index contributed by atoms with van der Waals surface area (Å²) in [6.07, 6.45) is -11.9. The third-order valence-electron chi connectivity index (χ3n) is 12.9. The Morgan fingerprint density at radius 1 is 0.467 bits per heavy atom. The lowest BCUT2D eigenvalue weighted by Gasteiger charge is -2.31. The van der Waals surface area contributed by atoms with Crippen molar-refractivity contribution in [3.63, 3.8) is 0 Å². The summed E-state index contributed by atoms with van der Waals surface area (Å²) in [6, 6.07) is -2.97. The number of hydrogen-bond acceptors (Lipinski definition) is 21. The van der Waals surface area contributed by atoms with E-state index in [-0.39, 0.29) is 58.2 Å². The van der Waals surface area contributed by atoms with E-state index in [1.54, 1.807) is 62.3 Å². The molecule has 0 aliphatic carbocycles. The number of methoxy groups -OCH3 is 4. The summed E-state index contributed by atoms with van der Waals surface area (Å²) in [4.78, 5) is 92.1. The maximum Gasteiger partial charge on any atom is 0.407 e. The highest BCUT2D eigenvalue weighted by molar-refractivity contribution is 5.83. The number of hydrogen-bond donors (Lipinski definition) is 6. The van der Waals surface area contributed by atoms with Gasteiger partial charge in [-0.1, -0.05) is 0 Å². The standard InChI is InChI=1S/C48H78N6O21/c1-45(2,3)75-44(61)54-25(34-37(65-13)40-43(68-34)74-48(8,9)71-40)22-30(59)50-18-15-27(56)52-23(32-35(63-11)38-41(66-32)72-46(4,5)69-38)20-28(57)49-17-14-26(55)53-24(21-29(58)51-19-16-31(60)62-10)33-36(64-12)39-42(67-33)73-47(6,7)70-39/h23-25,32-43H,14-22H2,1-13H3,(H,49,57)(H,50,59)(H,51,58)(H,52,56)(H,53,55)(H,54,61)/t23-,24-,25-,32-,33-,34-,35-,36-,37-,38-,39-,40-,41-,42-,43-/m1/s1. The Morgan fingerprint density at radius 2 is 0.787 bits per heavy atom. The molecule has 75 heavy (non-hydrogen) atoms. The molecule has 6 N–H and O–H groups in total. The normalized spacial score (nSPS) is 32.0. The minimum absolute atomic E-state index is 0.00578. The highest BCUT2D eigenvalue weighted by atomic mass is 16.9. The number of nitrogens with one attached hydrogen (secondary N) is 6. The average molecular weight is 1080 g/mol. The first-order valence-electron chi connectivity index (χ1n) is 25.2. The van der Waals surface area contributed by atoms with Crippen LogP contribution < -0.4 is 31.9 Å². The Kier molecular flexibility index (Phi) is 19.9. The maximum absolute atomic E-state index is 13.7. The zero-order valence-corrected chi connectivity index (χ0v) is 45.1. The number of fused-ring (bicyclic) bond motifs is 3. The van der Waals surface area contributed by atoms with Gasteiger partial charge in [-0.2, -0.15) is 0 Å². The van der Waals surface area contributed by atoms with Gasteiger partial charge in [-0.05, 0) is 62.3 Å². The van der Waals surface area contributed by atoms with Gasteiger partial charge in [0.2, 0.25) is 29.5 Å². The Bertz CT molecular complexity index is 2040. The minimum atomic E-state index is -1.03. The van der Waals surface area contributed by atoms with E-state index in [1.165, 1.54) is 28.4 Å². The van der Waals surface area contributed by atoms with Crippen LogP contribution in [0.3, 0.4) is 0 Å². The van der Waals surface area contributed by atoms with E-state index in [1.807, 2.05) is 0 Å². The quantitative estimate of drug-likeness (QED) is 0.0657. The molecule has 27 nitrogen and oxygen atoms in total. The molecule has 0 aromatic heterocycles. The third kappa shape index (κ3) is 16.1. The zero-order valence-electron chi connectivity index (χ0n) is 45.1. The van der Waals surface area contributed by atoms with Gasteiger partial charge in [0.25, 0.3) is 0 Å². The molecule has 426 valence electrons. The van der Waals surface area contributed by atoms with E-state index in [4.69, 9.17) is 61.6 Å². The second-order valence-corrected chi connectivity index (χ2v) is 21.4. The van der Waals surface area contributed by atoms with Crippen LogP contribution in [0.5, 0.6) is 0 Å². The van der Waals surface area contributed by atoms with Crippen LogP contribution >= 0.6 is 0 Å². The Balaban J connectivity index is 1.06. The number of carbonyl (C=O) groups is 7. The number of ether oxygens (including phenoxy) is 14. The van der Waals surface area contributed by atoms with Crippen molar-refractivity contribution in [3.8, 4) is 0 Å². The summed E-state index contributed by atoms with van der Waals surface area (Å²) in [5, 5.41) is 16.5. The second kappa shape index (κ2) is 24.9. The van der Waals surface area contributed by atoms with Crippen LogP contribution in [0.25, 0.3) is 0 Å². The summed E-state index contributed by atoms with van der Waals surface area (Å²) in [7, 11) is 5.58. The molecule has 6 fully saturated rings. The molecule has 0 radical (unpaired) electrons. The van der Waals surface area contributed by atoms with E-state index in [0.29, 0.717) is 0 Å². The van der Waals surface area contributed by atoms with Gasteiger partial charge < -0.3 is 98.2 Å². The second-order valence-electron chi connectivity index (χ2n) is 21.4. The predicted octanol–water partition coefficient (Wildman–Crippen LogP) is -0.614. The van der Waals surface area contributed by atoms with Crippen molar-refractivity contribution in [1.29, 1.82) is 0 Å². The molecule has 0 aromatic carbocycles. The molecule has 0 saturated carbocycles. The Hall–Kier alpha value is -4.39. The largest absolute Gasteiger partial charge is 0.469 e. The molecule has 6 heterocycles. The van der Waals surface area contributed by atoms with Gasteiger partial charge in [-0.25, -0.2) is 4.79 Å². The van der Waals surface area contributed by atoms with Gasteiger partial charge in [0.05, 0.1) is 31.7 Å². The van der Waals surface area contributed by atoms with Gasteiger partial charge in [-0.3, -0.25) is 28.8 Å². The van der Waals surface area contributed by atoms with E-state index in [9.17, 15) is 33.6 Å². The van der Waals surface area contributed by atoms with E-state index in [2.05, 4.69) is 36.6 Å². The van der Waals surface area contributed by atoms with Crippen molar-refractivity contribution in [2.24, 2.45) is 0 Å². The molecular formula is C48H78N6O21. The molecule has 27 heteroatoms. The molecule has 15 atom stereocenters. The minimum Gasteiger partial charge on any atom is -0.469 e. The van der Waals surface area contributed by atoms with Gasteiger partial charge in [0, 0.05) is 73.1 Å². The van der Waals surface area contributed by atoms with Gasteiger partial charge in [0.15, 0.2) is 36.2 Å². The van der Waals surface area contributed by atoms with Crippen LogP contribution in [0.1, 0.15) is 101 Å². The fraction of sp³-hybridized carbons (Fsp3) is 0.854. The molecular weight excluding hydrogens is 997 g/mol. The molecule has 6 rings (SSSR count). The fourth-order valence-electron chi connectivity index (χ4n) is 9.91. The zero-order chi connectivity index (χ0) is 55.2. The van der Waals surface area contributed by atoms with Crippen LogP contribution in [0.4, 0.5) is 4.79 Å². The van der Waals surface area contributed by atoms with Gasteiger partial charge in [-0.15, -0.1) is 0 Å². The van der Waals surface area contributed by atoms with E-state index < -0.39 is 156 Å². The van der Waals surface area contributed by atoms with Crippen molar-refractivity contribution in [2.45, 2.75) is 216 Å². The van der Waals surface area contributed by atoms with E-state index >= 15 is 0 Å². The Morgan fingerprint density at radius 3 is 1.09 bits per heavy atom. The first-order valence-corrected chi connectivity index (χ1v) is 25.2. The Labute approximate surface area is 436 Å². The molecule has 0 spiro atoms. The van der Waals surface area contributed by atoms with Gasteiger partial charge >= 0.3 is 12.1 Å². The SMILES string of the molecule is COC(=O)CCNC(=O)C[C@@H](NC(=O)CCNC(=O)C[C@@H](NC(=O)CCNC(=O)C[C@@H](NC(=O)OC(C)(C)C)[C@H]1O[C@@H]2OC(C)(C)O[C@@H]2[C@@H]1OC)[C@H]1O[C@@H]2OC(C)(C)O[C@@H]2[C@@H]1OC)[C@H]1O[C@@H]2OC(C)(C)O[C@@H]2[C@@H]1OC. The lowest BCUT2D eigenvalue weighted by Crippen LogP contribution is -2.53. The topological polar surface area (TPSA) is 321 Å². The number of carbonyl (C=O) groups excluding carboxylic acids is 7. The average Bonchev–Trinajstić information content (AvgIpc) is 4.11. The lowest BCUT2D eigenvalue weighted by molar-refractivity contribution is -0.220. The maximum atomic E-state index is 13.7. The molecule has 0 bridgehead atoms. The highest BCUT2D eigenvalue weighted by Gasteiger charge is 2.60. The molecule has 0 unspecified atom stereocenters. The highest BCUT2D eigenvalue weighted by Crippen LogP contribution is 2.42. The molecule has 6 aliphatic rings. The fourth-order valence-corrected chi connectivity index (χ4v) is 9.91. The van der Waals surface area contributed by atoms with Crippen LogP contribution in [-0.2, 0) is 95.1 Å². The summed E-state index contributed by atoms with van der Waals surface area (Å²) < 4.78 is 81.7. The van der Waals surface area contributed by atoms with Crippen molar-refractivity contribution >= 4 is 41.6 Å². The summed E-state index contributed by atoms with van der Waals surface area (Å²) in [5.74, 6) is -6.16. The van der Waals surface area contributed by atoms with Gasteiger partial charge in [0.1, 0.15) is 60.5 Å². The van der Waals surface area contributed by atoms with E-state index in [0.717, 1.165) is 0 Å². The summed E-state index contributed by atoms with van der Waals surface area (Å²) in [5.41, 5.74) is -0.849. The van der Waals surface area contributed by atoms with Crippen LogP contribution in [0.15, 0.2) is 0 Å². The molecule has 0 aromatic rings. The van der Waals surface area contributed by atoms with Crippen molar-refractivity contribution in [3.05, 3.63) is 0 Å². The predicted molar refractivity (Wildman–Crippen MR) is 254 cm³/mol. The lowest BCUT2D eigenvalue weighted by atomic mass is 9.99. The first-order chi connectivity index (χ1) is 35.1. The number of amides is 6. The first kappa shape index (κ1) is 59.8. The number of esters is 1. The van der Waals surface area contributed by atoms with Crippen LogP contribution in [0, 0.1) is 0 Å². The van der Waals surface area contributed by atoms with Crippen molar-refractivity contribution < 1.29 is 99.9 Å². The monoisotopic (exact) mass is 1070 g/mol. The molecule has 6 amide bonds. The third-order valence-corrected chi connectivity index (χ3v) is 12.9. The summed E-state index contributed by atoms with van der Waals surface area (Å²) >= 11 is 0. The van der Waals surface area contributed by atoms with Crippen LogP contribution in [0.2, 0.25) is 0 Å². The summed E-state index contributed by atoms with van der Waals surface area (Å²) in [6.45, 7) is 15.1. The van der Waals surface area contributed by atoms with Crippen molar-refractivity contribution in [2.75, 3.05) is 48.1 Å². The van der Waals surface area contributed by atoms with Crippen molar-refractivity contribution in [1.82, 2.24) is 31.9 Å². The molecule has 6 saturated heterocycles. The number of rotatable bonds is 24. The smallest absolute Gasteiger partial charge is 0.407 e.